The SMILES string of the molecule is CC(C)CCC(=O)O.[H-].[H-].[Mg+2]. The second-order valence-electron chi connectivity index (χ2n) is 2.33. The van der Waals surface area contributed by atoms with Crippen LogP contribution in [0.5, 0.6) is 0 Å². The van der Waals surface area contributed by atoms with E-state index in [1.165, 1.54) is 0 Å². The molecular weight excluding hydrogens is 128 g/mol. The van der Waals surface area contributed by atoms with Crippen LogP contribution >= 0.6 is 0 Å². The van der Waals surface area contributed by atoms with Gasteiger partial charge in [0, 0.05) is 6.42 Å². The summed E-state index contributed by atoms with van der Waals surface area (Å²) in [5.74, 6) is -0.190. The van der Waals surface area contributed by atoms with Crippen molar-refractivity contribution in [1.82, 2.24) is 0 Å². The van der Waals surface area contributed by atoms with Crippen molar-refractivity contribution in [3.05, 3.63) is 0 Å². The summed E-state index contributed by atoms with van der Waals surface area (Å²) >= 11 is 0. The van der Waals surface area contributed by atoms with Crippen molar-refractivity contribution < 1.29 is 12.8 Å². The molecule has 0 rings (SSSR count). The molecule has 2 nitrogen and oxygen atoms in total. The third kappa shape index (κ3) is 11.7. The van der Waals surface area contributed by atoms with E-state index in [0.717, 1.165) is 6.42 Å². The fraction of sp³-hybridized carbons (Fsp3) is 0.833. The van der Waals surface area contributed by atoms with Gasteiger partial charge in [0.05, 0.1) is 0 Å². The van der Waals surface area contributed by atoms with Crippen LogP contribution < -0.4 is 0 Å². The minimum absolute atomic E-state index is 0. The molecule has 0 aromatic rings. The zero-order valence-electron chi connectivity index (χ0n) is 8.05. The Morgan fingerprint density at radius 2 is 2.11 bits per heavy atom. The maximum Gasteiger partial charge on any atom is 2.00 e. The first-order valence-corrected chi connectivity index (χ1v) is 2.84. The molecule has 0 aliphatic rings. The molecule has 1 N–H and O–H groups in total. The Kier molecular flexibility index (Phi) is 8.45. The van der Waals surface area contributed by atoms with E-state index in [1.807, 2.05) is 13.8 Å². The van der Waals surface area contributed by atoms with Crippen LogP contribution in [0.3, 0.4) is 0 Å². The molecule has 0 unspecified atom stereocenters. The topological polar surface area (TPSA) is 37.3 Å². The van der Waals surface area contributed by atoms with Gasteiger partial charge >= 0.3 is 29.0 Å². The van der Waals surface area contributed by atoms with Crippen molar-refractivity contribution in [2.45, 2.75) is 26.7 Å². The first-order chi connectivity index (χ1) is 3.63. The summed E-state index contributed by atoms with van der Waals surface area (Å²) in [7, 11) is 0. The molecule has 0 aliphatic heterocycles. The van der Waals surface area contributed by atoms with Gasteiger partial charge in [0.15, 0.2) is 0 Å². The van der Waals surface area contributed by atoms with Gasteiger partial charge in [-0.2, -0.15) is 0 Å². The van der Waals surface area contributed by atoms with E-state index in [0.29, 0.717) is 12.3 Å². The molecule has 0 aromatic carbocycles. The summed E-state index contributed by atoms with van der Waals surface area (Å²) in [5, 5.41) is 8.16. The number of aliphatic carboxylic acids is 1. The van der Waals surface area contributed by atoms with Gasteiger partial charge in [0.1, 0.15) is 0 Å². The van der Waals surface area contributed by atoms with Crippen LogP contribution in [0.25, 0.3) is 0 Å². The van der Waals surface area contributed by atoms with Crippen molar-refractivity contribution in [2.75, 3.05) is 0 Å². The molecule has 0 fully saturated rings. The van der Waals surface area contributed by atoms with Gasteiger partial charge < -0.3 is 7.96 Å². The second-order valence-corrected chi connectivity index (χ2v) is 2.33. The molecule has 0 saturated heterocycles. The molecule has 0 heterocycles. The van der Waals surface area contributed by atoms with Crippen molar-refractivity contribution in [3.8, 4) is 0 Å². The number of carboxylic acid groups (broad SMARTS) is 1. The average Bonchev–Trinajstić information content (AvgIpc) is 1.61. The predicted octanol–water partition coefficient (Wildman–Crippen LogP) is 1.35. The van der Waals surface area contributed by atoms with Crippen molar-refractivity contribution >= 4 is 29.0 Å². The molecule has 52 valence electrons. The number of carbonyl (C=O) groups is 1. The first kappa shape index (κ1) is 12.0. The number of carboxylic acids is 1. The van der Waals surface area contributed by atoms with E-state index >= 15 is 0 Å². The Bertz CT molecular complexity index is 88.7. The minimum atomic E-state index is -0.696. The predicted molar refractivity (Wildman–Crippen MR) is 39.7 cm³/mol. The molecule has 3 heteroatoms. The van der Waals surface area contributed by atoms with Crippen molar-refractivity contribution in [3.63, 3.8) is 0 Å². The molecule has 0 aromatic heterocycles. The number of hydrogen-bond donors (Lipinski definition) is 1. The Morgan fingerprint density at radius 1 is 1.67 bits per heavy atom. The summed E-state index contributed by atoms with van der Waals surface area (Å²) in [5.41, 5.74) is 0. The van der Waals surface area contributed by atoms with Crippen LogP contribution in [0.1, 0.15) is 29.5 Å². The Morgan fingerprint density at radius 3 is 2.22 bits per heavy atom. The summed E-state index contributed by atoms with van der Waals surface area (Å²) in [6, 6.07) is 0. The van der Waals surface area contributed by atoms with Gasteiger partial charge in [-0.15, -0.1) is 0 Å². The maximum absolute atomic E-state index is 9.90. The van der Waals surface area contributed by atoms with E-state index in [2.05, 4.69) is 0 Å². The maximum atomic E-state index is 9.90. The second kappa shape index (κ2) is 6.36. The van der Waals surface area contributed by atoms with Gasteiger partial charge in [-0.05, 0) is 12.3 Å². The Labute approximate surface area is 74.8 Å². The summed E-state index contributed by atoms with van der Waals surface area (Å²) in [6.07, 6.45) is 1.09. The molecule has 9 heavy (non-hydrogen) atoms. The minimum Gasteiger partial charge on any atom is -1.00 e. The molecular formula is C6H14MgO2. The first-order valence-electron chi connectivity index (χ1n) is 2.84. The van der Waals surface area contributed by atoms with Crippen LogP contribution in [0.2, 0.25) is 0 Å². The smallest absolute Gasteiger partial charge is 1.00 e. The molecule has 0 bridgehead atoms. The van der Waals surface area contributed by atoms with Gasteiger partial charge in [0.25, 0.3) is 0 Å². The summed E-state index contributed by atoms with van der Waals surface area (Å²) in [6.45, 7) is 4.03. The van der Waals surface area contributed by atoms with E-state index in [9.17, 15) is 4.79 Å². The molecule has 0 saturated carbocycles. The van der Waals surface area contributed by atoms with E-state index in [-0.39, 0.29) is 25.9 Å². The Balaban J connectivity index is -0.0000000817. The van der Waals surface area contributed by atoms with Crippen LogP contribution in [-0.2, 0) is 4.79 Å². The van der Waals surface area contributed by atoms with Crippen molar-refractivity contribution in [1.29, 1.82) is 0 Å². The van der Waals surface area contributed by atoms with Crippen LogP contribution in [0, 0.1) is 5.92 Å². The third-order valence-corrected chi connectivity index (χ3v) is 0.936. The standard InChI is InChI=1S/C6H12O2.Mg.2H/c1-5(2)3-4-6(7)8;;;/h5H,3-4H2,1-2H3,(H,7,8);;;/q;+2;2*-1. The quantitative estimate of drug-likeness (QED) is 0.604. The van der Waals surface area contributed by atoms with Gasteiger partial charge in [-0.1, -0.05) is 13.8 Å². The molecule has 0 atom stereocenters. The van der Waals surface area contributed by atoms with Gasteiger partial charge in [-0.3, -0.25) is 4.79 Å². The van der Waals surface area contributed by atoms with E-state index in [1.54, 1.807) is 0 Å². The molecule has 0 spiro atoms. The molecule has 0 amide bonds. The zero-order chi connectivity index (χ0) is 6.57. The monoisotopic (exact) mass is 142 g/mol. The summed E-state index contributed by atoms with van der Waals surface area (Å²) < 4.78 is 0. The fourth-order valence-electron chi connectivity index (χ4n) is 0.412. The zero-order valence-corrected chi connectivity index (χ0v) is 7.47. The molecule has 0 radical (unpaired) electrons. The van der Waals surface area contributed by atoms with Crippen LogP contribution in [0.4, 0.5) is 0 Å². The fourth-order valence-corrected chi connectivity index (χ4v) is 0.412. The number of rotatable bonds is 3. The normalized spacial score (nSPS) is 8.78. The molecule has 0 aliphatic carbocycles. The average molecular weight is 142 g/mol. The van der Waals surface area contributed by atoms with Gasteiger partial charge in [0.2, 0.25) is 0 Å². The van der Waals surface area contributed by atoms with Crippen LogP contribution in [-0.4, -0.2) is 34.1 Å². The third-order valence-electron chi connectivity index (χ3n) is 0.936. The summed E-state index contributed by atoms with van der Waals surface area (Å²) in [4.78, 5) is 9.90. The Hall–Kier alpha value is 0.236. The number of hydrogen-bond acceptors (Lipinski definition) is 1. The van der Waals surface area contributed by atoms with Crippen LogP contribution in [0.15, 0.2) is 0 Å². The van der Waals surface area contributed by atoms with Crippen molar-refractivity contribution in [2.24, 2.45) is 5.92 Å². The van der Waals surface area contributed by atoms with E-state index in [4.69, 9.17) is 5.11 Å². The largest absolute Gasteiger partial charge is 2.00 e. The van der Waals surface area contributed by atoms with E-state index < -0.39 is 5.97 Å². The van der Waals surface area contributed by atoms with Gasteiger partial charge in [-0.25, -0.2) is 0 Å².